The number of carbonyl (C=O) groups excluding carboxylic acids is 1. The Hall–Kier alpha value is -5.33. The van der Waals surface area contributed by atoms with Crippen LogP contribution in [0, 0.1) is 13.8 Å². The number of aliphatic imine (C=N–C) groups is 1. The van der Waals surface area contributed by atoms with Crippen LogP contribution in [-0.2, 0) is 46.8 Å². The normalized spacial score (nSPS) is 12.1. The van der Waals surface area contributed by atoms with Gasteiger partial charge in [-0.3, -0.25) is 14.8 Å². The lowest BCUT2D eigenvalue weighted by molar-refractivity contribution is -0.112. The average molecular weight is 711 g/mol. The highest BCUT2D eigenvalue weighted by Gasteiger charge is 2.17. The molecule has 0 amide bonds. The lowest BCUT2D eigenvalue weighted by atomic mass is 9.97. The number of aromatic nitrogens is 3. The molecule has 276 valence electrons. The van der Waals surface area contributed by atoms with Crippen LogP contribution in [0.15, 0.2) is 67.4 Å². The number of nitrogens with zero attached hydrogens (tertiary/aromatic N) is 2. The summed E-state index contributed by atoms with van der Waals surface area (Å²) in [6, 6.07) is 7.20. The molecule has 0 spiro atoms. The zero-order valence-electron chi connectivity index (χ0n) is 28.7. The highest BCUT2D eigenvalue weighted by atomic mass is 16.6. The molecule has 51 heavy (non-hydrogen) atoms. The summed E-state index contributed by atoms with van der Waals surface area (Å²) >= 11 is 0. The van der Waals surface area contributed by atoms with Crippen molar-refractivity contribution in [2.75, 3.05) is 26.4 Å². The van der Waals surface area contributed by atoms with Gasteiger partial charge in [-0.05, 0) is 66.1 Å². The minimum absolute atomic E-state index is 0.000869. The predicted octanol–water partition coefficient (Wildman–Crippen LogP) is -0.521. The van der Waals surface area contributed by atoms with Crippen molar-refractivity contribution in [3.63, 3.8) is 0 Å². The quantitative estimate of drug-likeness (QED) is 0.0241. The SMILES string of the molecule is C=C(N)/N=C(/N)C(CCOCCc1cc(C=O)c(C)c(COC(O)c2cc(CCOCCn3c(=O)[nH]c(=O)[nH]c3=O)cc(CO)c2C)c1)=C(N)N. The fourth-order valence-corrected chi connectivity index (χ4v) is 5.19. The summed E-state index contributed by atoms with van der Waals surface area (Å²) in [5.74, 6) is 0.0797. The maximum atomic E-state index is 11.9. The number of aliphatic hydroxyl groups is 2. The molecular weight excluding hydrogens is 664 g/mol. The van der Waals surface area contributed by atoms with E-state index in [0.717, 1.165) is 22.0 Å². The molecule has 3 aromatic rings. The van der Waals surface area contributed by atoms with Crippen molar-refractivity contribution in [3.05, 3.63) is 124 Å². The van der Waals surface area contributed by atoms with Gasteiger partial charge in [0, 0.05) is 23.1 Å². The number of amidine groups is 1. The van der Waals surface area contributed by atoms with Crippen molar-refractivity contribution >= 4 is 12.1 Å². The second kappa shape index (κ2) is 19.2. The number of rotatable bonds is 20. The van der Waals surface area contributed by atoms with Gasteiger partial charge in [0.1, 0.15) is 23.8 Å². The lowest BCUT2D eigenvalue weighted by Gasteiger charge is -2.20. The minimum atomic E-state index is -1.36. The van der Waals surface area contributed by atoms with Gasteiger partial charge in [-0.2, -0.15) is 0 Å². The van der Waals surface area contributed by atoms with E-state index in [9.17, 15) is 29.4 Å². The predicted molar refractivity (Wildman–Crippen MR) is 189 cm³/mol. The third kappa shape index (κ3) is 11.6. The third-order valence-electron chi connectivity index (χ3n) is 8.07. The standard InChI is InChI=1S/C34H46N8O9/c1-19-24(16-43)12-22(4-8-49-10-6-27(29(36)37)30(38)39-21(3)35)14-26(19)18-51-31(45)28-15-23(13-25(17-44)20(28)2)5-9-50-11-7-42-33(47)40-32(46)41-34(42)48/h12-16,31,44-45H,3-11,17-18,35-37H2,1-2H3,(H2,38,39)(H2,40,41,46,47,48). The number of nitrogens with two attached hydrogens (primary N) is 4. The number of benzene rings is 2. The Morgan fingerprint density at radius 3 is 2.12 bits per heavy atom. The Balaban J connectivity index is 1.62. The molecule has 12 N–H and O–H groups in total. The largest absolute Gasteiger partial charge is 0.392 e. The molecule has 0 aliphatic rings. The highest BCUT2D eigenvalue weighted by molar-refractivity contribution is 5.98. The molecule has 0 radical (unpaired) electrons. The highest BCUT2D eigenvalue weighted by Crippen LogP contribution is 2.27. The monoisotopic (exact) mass is 710 g/mol. The molecular formula is C34H46N8O9. The molecule has 1 aromatic heterocycles. The van der Waals surface area contributed by atoms with E-state index in [1.807, 2.05) is 16.0 Å². The zero-order valence-corrected chi connectivity index (χ0v) is 28.7. The van der Waals surface area contributed by atoms with E-state index in [-0.39, 0.29) is 57.1 Å². The molecule has 0 saturated carbocycles. The van der Waals surface area contributed by atoms with Crippen LogP contribution in [0.3, 0.4) is 0 Å². The van der Waals surface area contributed by atoms with E-state index in [1.165, 1.54) is 0 Å². The number of aliphatic hydroxyl groups excluding tert-OH is 2. The summed E-state index contributed by atoms with van der Waals surface area (Å²) in [5, 5.41) is 21.1. The number of ether oxygens (including phenoxy) is 3. The maximum Gasteiger partial charge on any atom is 0.333 e. The Morgan fingerprint density at radius 2 is 1.53 bits per heavy atom. The Bertz CT molecular complexity index is 1910. The van der Waals surface area contributed by atoms with Gasteiger partial charge < -0.3 is 47.4 Å². The van der Waals surface area contributed by atoms with Crippen molar-refractivity contribution in [1.29, 1.82) is 0 Å². The average Bonchev–Trinajstić information content (AvgIpc) is 3.06. The lowest BCUT2D eigenvalue weighted by Crippen LogP contribution is -2.43. The molecule has 17 heteroatoms. The van der Waals surface area contributed by atoms with Crippen LogP contribution in [0.5, 0.6) is 0 Å². The Morgan fingerprint density at radius 1 is 0.922 bits per heavy atom. The van der Waals surface area contributed by atoms with E-state index in [1.54, 1.807) is 32.0 Å². The maximum absolute atomic E-state index is 11.9. The van der Waals surface area contributed by atoms with Gasteiger partial charge >= 0.3 is 17.1 Å². The molecule has 1 heterocycles. The van der Waals surface area contributed by atoms with E-state index in [4.69, 9.17) is 37.1 Å². The first kappa shape index (κ1) is 40.1. The molecule has 0 saturated heterocycles. The minimum Gasteiger partial charge on any atom is -0.392 e. The summed E-state index contributed by atoms with van der Waals surface area (Å²) in [6.45, 7) is 7.47. The van der Waals surface area contributed by atoms with Crippen molar-refractivity contribution in [2.45, 2.75) is 59.2 Å². The second-order valence-corrected chi connectivity index (χ2v) is 11.6. The van der Waals surface area contributed by atoms with Crippen molar-refractivity contribution < 1.29 is 29.2 Å². The molecule has 17 nitrogen and oxygen atoms in total. The molecule has 0 aliphatic heterocycles. The van der Waals surface area contributed by atoms with Crippen LogP contribution in [0.1, 0.15) is 62.0 Å². The van der Waals surface area contributed by atoms with Crippen LogP contribution in [0.25, 0.3) is 0 Å². The molecule has 1 unspecified atom stereocenters. The zero-order chi connectivity index (χ0) is 37.7. The fourth-order valence-electron chi connectivity index (χ4n) is 5.19. The number of nitrogens with one attached hydrogen (secondary N) is 2. The number of aromatic amines is 2. The molecule has 3 rings (SSSR count). The van der Waals surface area contributed by atoms with Crippen LogP contribution in [-0.4, -0.2) is 63.3 Å². The van der Waals surface area contributed by atoms with E-state index >= 15 is 0 Å². The number of carbonyl (C=O) groups is 1. The second-order valence-electron chi connectivity index (χ2n) is 11.6. The molecule has 1 atom stereocenters. The summed E-state index contributed by atoms with van der Waals surface area (Å²) in [7, 11) is 0. The number of hydrogen-bond donors (Lipinski definition) is 8. The molecule has 0 bridgehead atoms. The first-order valence-corrected chi connectivity index (χ1v) is 16.0. The van der Waals surface area contributed by atoms with Gasteiger partial charge in [-0.1, -0.05) is 24.8 Å². The van der Waals surface area contributed by atoms with E-state index < -0.39 is 23.4 Å². The van der Waals surface area contributed by atoms with Gasteiger partial charge in [0.15, 0.2) is 6.29 Å². The summed E-state index contributed by atoms with van der Waals surface area (Å²) in [5.41, 5.74) is 25.8. The smallest absolute Gasteiger partial charge is 0.333 e. The van der Waals surface area contributed by atoms with Crippen molar-refractivity contribution in [3.8, 4) is 0 Å². The van der Waals surface area contributed by atoms with Gasteiger partial charge in [0.05, 0.1) is 46.2 Å². The van der Waals surface area contributed by atoms with E-state index in [2.05, 4.69) is 11.6 Å². The number of H-pyrrole nitrogens is 2. The number of aldehydes is 1. The first-order chi connectivity index (χ1) is 24.2. The van der Waals surface area contributed by atoms with Crippen molar-refractivity contribution in [2.24, 2.45) is 27.9 Å². The fraction of sp³-hybridized carbons (Fsp3) is 0.382. The van der Waals surface area contributed by atoms with Crippen LogP contribution in [0.4, 0.5) is 0 Å². The van der Waals surface area contributed by atoms with Gasteiger partial charge in [0.25, 0.3) is 0 Å². The molecule has 0 fully saturated rings. The molecule has 2 aromatic carbocycles. The Labute approximate surface area is 293 Å². The summed E-state index contributed by atoms with van der Waals surface area (Å²) in [6.07, 6.45) is 0.555. The third-order valence-corrected chi connectivity index (χ3v) is 8.07. The van der Waals surface area contributed by atoms with Crippen LogP contribution < -0.4 is 40.0 Å². The van der Waals surface area contributed by atoms with Gasteiger partial charge in [-0.25, -0.2) is 23.9 Å². The Kier molecular flexibility index (Phi) is 15.1. The van der Waals surface area contributed by atoms with Crippen LogP contribution >= 0.6 is 0 Å². The summed E-state index contributed by atoms with van der Waals surface area (Å²) in [4.78, 5) is 54.6. The summed E-state index contributed by atoms with van der Waals surface area (Å²) < 4.78 is 18.1. The topological polar surface area (TPSA) is 289 Å². The van der Waals surface area contributed by atoms with E-state index in [0.29, 0.717) is 64.8 Å². The van der Waals surface area contributed by atoms with Crippen LogP contribution in [0.2, 0.25) is 0 Å². The van der Waals surface area contributed by atoms with Gasteiger partial charge in [-0.15, -0.1) is 0 Å². The number of hydrogen-bond acceptors (Lipinski definition) is 13. The van der Waals surface area contributed by atoms with Gasteiger partial charge in [0.2, 0.25) is 0 Å². The first-order valence-electron chi connectivity index (χ1n) is 16.0. The molecule has 0 aliphatic carbocycles. The van der Waals surface area contributed by atoms with Crippen molar-refractivity contribution in [1.82, 2.24) is 14.5 Å².